The van der Waals surface area contributed by atoms with Crippen molar-refractivity contribution >= 4 is 0 Å². The summed E-state index contributed by atoms with van der Waals surface area (Å²) in [7, 11) is 0. The first-order valence-corrected chi connectivity index (χ1v) is 9.33. The fourth-order valence-electron chi connectivity index (χ4n) is 2.95. The second-order valence-corrected chi connectivity index (χ2v) is 6.64. The third-order valence-corrected chi connectivity index (χ3v) is 4.41. The molecule has 0 radical (unpaired) electrons. The van der Waals surface area contributed by atoms with Crippen LogP contribution in [0.4, 0.5) is 17.6 Å². The first-order chi connectivity index (χ1) is 13.9. The maximum atomic E-state index is 14.5. The largest absolute Gasteiger partial charge is 0.573 e. The van der Waals surface area contributed by atoms with E-state index in [4.69, 9.17) is 0 Å². The van der Waals surface area contributed by atoms with Crippen LogP contribution in [-0.4, -0.2) is 16.3 Å². The summed E-state index contributed by atoms with van der Waals surface area (Å²) in [5, 5.41) is 0. The average Bonchev–Trinajstić information content (AvgIpc) is 2.68. The molecule has 29 heavy (non-hydrogen) atoms. The highest BCUT2D eigenvalue weighted by atomic mass is 19.4. The minimum absolute atomic E-state index is 0.320. The number of rotatable bonds is 7. The van der Waals surface area contributed by atoms with Gasteiger partial charge in [0.05, 0.1) is 0 Å². The maximum Gasteiger partial charge on any atom is 0.573 e. The molecule has 152 valence electrons. The normalized spacial score (nSPS) is 11.5. The standard InChI is InChI=1S/C22H20F4N2O/c1-2-3-4-5-15-6-11-19(20(23)12-15)17-13-27-21(28-14-17)16-7-9-18(10-8-16)29-22(24,25)26/h6-14H,2-5H2,1H3. The lowest BCUT2D eigenvalue weighted by molar-refractivity contribution is -0.274. The van der Waals surface area contributed by atoms with Gasteiger partial charge in [0.25, 0.3) is 0 Å². The van der Waals surface area contributed by atoms with Gasteiger partial charge in [0.1, 0.15) is 11.6 Å². The summed E-state index contributed by atoms with van der Waals surface area (Å²) in [5.41, 5.74) is 2.42. The summed E-state index contributed by atoms with van der Waals surface area (Å²) >= 11 is 0. The zero-order valence-corrected chi connectivity index (χ0v) is 15.8. The van der Waals surface area contributed by atoms with E-state index in [1.807, 2.05) is 6.07 Å². The van der Waals surface area contributed by atoms with Crippen molar-refractivity contribution in [2.24, 2.45) is 0 Å². The van der Waals surface area contributed by atoms with E-state index in [9.17, 15) is 17.6 Å². The quantitative estimate of drug-likeness (QED) is 0.329. The number of alkyl halides is 3. The van der Waals surface area contributed by atoms with E-state index in [1.165, 1.54) is 42.7 Å². The van der Waals surface area contributed by atoms with Crippen molar-refractivity contribution in [1.29, 1.82) is 0 Å². The molecule has 0 atom stereocenters. The van der Waals surface area contributed by atoms with Crippen molar-refractivity contribution in [3.63, 3.8) is 0 Å². The zero-order valence-electron chi connectivity index (χ0n) is 15.8. The van der Waals surface area contributed by atoms with Crippen LogP contribution in [0.1, 0.15) is 31.7 Å². The number of benzene rings is 2. The van der Waals surface area contributed by atoms with Gasteiger partial charge in [-0.15, -0.1) is 13.2 Å². The number of nitrogens with zero attached hydrogens (tertiary/aromatic N) is 2. The summed E-state index contributed by atoms with van der Waals surface area (Å²) in [6.07, 6.45) is 2.35. The summed E-state index contributed by atoms with van der Waals surface area (Å²) in [5.74, 6) is -0.327. The summed E-state index contributed by atoms with van der Waals surface area (Å²) in [6, 6.07) is 10.4. The van der Waals surface area contributed by atoms with Crippen LogP contribution in [0.5, 0.6) is 5.75 Å². The highest BCUT2D eigenvalue weighted by molar-refractivity contribution is 5.65. The number of aryl methyl sites for hydroxylation is 1. The van der Waals surface area contributed by atoms with Gasteiger partial charge in [-0.1, -0.05) is 31.9 Å². The molecule has 2 aromatic carbocycles. The van der Waals surface area contributed by atoms with Crippen LogP contribution in [0.2, 0.25) is 0 Å². The molecule has 7 heteroatoms. The number of aromatic nitrogens is 2. The van der Waals surface area contributed by atoms with Gasteiger partial charge < -0.3 is 4.74 Å². The van der Waals surface area contributed by atoms with Crippen molar-refractivity contribution in [1.82, 2.24) is 9.97 Å². The van der Waals surface area contributed by atoms with Gasteiger partial charge in [0.15, 0.2) is 5.82 Å². The first kappa shape index (κ1) is 20.8. The van der Waals surface area contributed by atoms with E-state index in [-0.39, 0.29) is 11.6 Å². The first-order valence-electron chi connectivity index (χ1n) is 9.33. The predicted octanol–water partition coefficient (Wildman–Crippen LogP) is 6.58. The Kier molecular flexibility index (Phi) is 6.46. The topological polar surface area (TPSA) is 35.0 Å². The average molecular weight is 404 g/mol. The van der Waals surface area contributed by atoms with Crippen LogP contribution >= 0.6 is 0 Å². The summed E-state index contributed by atoms with van der Waals surface area (Å²) in [6.45, 7) is 2.12. The molecule has 0 N–H and O–H groups in total. The monoisotopic (exact) mass is 404 g/mol. The SMILES string of the molecule is CCCCCc1ccc(-c2cnc(-c3ccc(OC(F)(F)F)cc3)nc2)c(F)c1. The number of unbranched alkanes of at least 4 members (excludes halogenated alkanes) is 2. The fourth-order valence-corrected chi connectivity index (χ4v) is 2.95. The zero-order chi connectivity index (χ0) is 20.9. The second kappa shape index (κ2) is 9.03. The van der Waals surface area contributed by atoms with Crippen LogP contribution in [-0.2, 0) is 6.42 Å². The Hall–Kier alpha value is -2.96. The van der Waals surface area contributed by atoms with Crippen LogP contribution in [0.3, 0.4) is 0 Å². The van der Waals surface area contributed by atoms with Gasteiger partial charge in [0.2, 0.25) is 0 Å². The van der Waals surface area contributed by atoms with Crippen molar-refractivity contribution in [2.75, 3.05) is 0 Å². The Balaban J connectivity index is 1.73. The third kappa shape index (κ3) is 5.76. The molecule has 3 nitrogen and oxygen atoms in total. The van der Waals surface area contributed by atoms with E-state index < -0.39 is 6.36 Å². The van der Waals surface area contributed by atoms with E-state index in [0.717, 1.165) is 31.2 Å². The van der Waals surface area contributed by atoms with Crippen molar-refractivity contribution in [3.05, 3.63) is 66.2 Å². The van der Waals surface area contributed by atoms with Crippen molar-refractivity contribution in [2.45, 2.75) is 39.0 Å². The second-order valence-electron chi connectivity index (χ2n) is 6.64. The third-order valence-electron chi connectivity index (χ3n) is 4.41. The Morgan fingerprint density at radius 3 is 2.17 bits per heavy atom. The van der Waals surface area contributed by atoms with Gasteiger partial charge in [-0.25, -0.2) is 14.4 Å². The molecule has 0 aliphatic heterocycles. The number of halogens is 4. The number of hydrogen-bond acceptors (Lipinski definition) is 3. The molecule has 3 aromatic rings. The van der Waals surface area contributed by atoms with Gasteiger partial charge >= 0.3 is 6.36 Å². The van der Waals surface area contributed by atoms with E-state index in [1.54, 1.807) is 6.07 Å². The Morgan fingerprint density at radius 1 is 0.897 bits per heavy atom. The molecule has 0 spiro atoms. The van der Waals surface area contributed by atoms with Crippen LogP contribution in [0, 0.1) is 5.82 Å². The highest BCUT2D eigenvalue weighted by Crippen LogP contribution is 2.27. The number of hydrogen-bond donors (Lipinski definition) is 0. The minimum atomic E-state index is -4.74. The smallest absolute Gasteiger partial charge is 0.406 e. The number of ether oxygens (including phenoxy) is 1. The minimum Gasteiger partial charge on any atom is -0.406 e. The molecule has 0 aliphatic carbocycles. The maximum absolute atomic E-state index is 14.5. The van der Waals surface area contributed by atoms with Gasteiger partial charge in [-0.05, 0) is 48.7 Å². The highest BCUT2D eigenvalue weighted by Gasteiger charge is 2.31. The molecule has 0 unspecified atom stereocenters. The molecule has 0 fully saturated rings. The molecule has 1 heterocycles. The lowest BCUT2D eigenvalue weighted by Crippen LogP contribution is -2.16. The van der Waals surface area contributed by atoms with Gasteiger partial charge in [-0.2, -0.15) is 0 Å². The van der Waals surface area contributed by atoms with E-state index in [0.29, 0.717) is 22.5 Å². The van der Waals surface area contributed by atoms with E-state index in [2.05, 4.69) is 21.6 Å². The molecule has 0 aliphatic rings. The van der Waals surface area contributed by atoms with Gasteiger partial charge in [0, 0.05) is 29.1 Å². The molecule has 0 saturated carbocycles. The molecule has 1 aromatic heterocycles. The summed E-state index contributed by atoms with van der Waals surface area (Å²) in [4.78, 5) is 8.43. The van der Waals surface area contributed by atoms with Crippen LogP contribution in [0.15, 0.2) is 54.9 Å². The van der Waals surface area contributed by atoms with Crippen molar-refractivity contribution in [3.8, 4) is 28.3 Å². The van der Waals surface area contributed by atoms with E-state index >= 15 is 0 Å². The lowest BCUT2D eigenvalue weighted by atomic mass is 10.0. The Morgan fingerprint density at radius 2 is 1.59 bits per heavy atom. The molecule has 0 bridgehead atoms. The molecule has 0 saturated heterocycles. The van der Waals surface area contributed by atoms with Gasteiger partial charge in [-0.3, -0.25) is 0 Å². The Labute approximate surface area is 166 Å². The molecule has 0 amide bonds. The lowest BCUT2D eigenvalue weighted by Gasteiger charge is -2.09. The predicted molar refractivity (Wildman–Crippen MR) is 103 cm³/mol. The Bertz CT molecular complexity index is 939. The van der Waals surface area contributed by atoms with Crippen molar-refractivity contribution < 1.29 is 22.3 Å². The van der Waals surface area contributed by atoms with Crippen LogP contribution < -0.4 is 4.74 Å². The molecular weight excluding hydrogens is 384 g/mol. The summed E-state index contributed by atoms with van der Waals surface area (Å²) < 4.78 is 55.0. The molecular formula is C22H20F4N2O. The molecule has 3 rings (SSSR count). The fraction of sp³-hybridized carbons (Fsp3) is 0.273. The van der Waals surface area contributed by atoms with Crippen LogP contribution in [0.25, 0.3) is 22.5 Å².